The van der Waals surface area contributed by atoms with Crippen LogP contribution >= 0.6 is 0 Å². The molecular weight excluding hydrogens is 198 g/mol. The molecule has 1 N–H and O–H groups in total. The molecule has 0 amide bonds. The van der Waals surface area contributed by atoms with Crippen LogP contribution in [0.15, 0.2) is 0 Å². The molecule has 0 bridgehead atoms. The van der Waals surface area contributed by atoms with Crippen molar-refractivity contribution in [2.45, 2.75) is 58.4 Å². The van der Waals surface area contributed by atoms with Crippen molar-refractivity contribution < 1.29 is 5.11 Å². The van der Waals surface area contributed by atoms with Gasteiger partial charge in [0.2, 0.25) is 0 Å². The second kappa shape index (κ2) is 7.29. The summed E-state index contributed by atoms with van der Waals surface area (Å²) >= 11 is 0. The van der Waals surface area contributed by atoms with Gasteiger partial charge in [-0.25, -0.2) is 0 Å². The van der Waals surface area contributed by atoms with E-state index < -0.39 is 0 Å². The molecule has 96 valence electrons. The molecule has 2 heteroatoms. The van der Waals surface area contributed by atoms with Gasteiger partial charge in [-0.15, -0.1) is 0 Å². The lowest BCUT2D eigenvalue weighted by molar-refractivity contribution is 0.129. The number of hydrogen-bond donors (Lipinski definition) is 1. The summed E-state index contributed by atoms with van der Waals surface area (Å²) in [6, 6.07) is 0.806. The minimum absolute atomic E-state index is 0.349. The molecule has 0 aliphatic heterocycles. The van der Waals surface area contributed by atoms with E-state index in [1.54, 1.807) is 0 Å². The minimum atomic E-state index is 0.349. The molecule has 1 fully saturated rings. The summed E-state index contributed by atoms with van der Waals surface area (Å²) in [5.74, 6) is 1.80. The van der Waals surface area contributed by atoms with Crippen LogP contribution in [0.1, 0.15) is 52.4 Å². The molecule has 0 saturated heterocycles. The minimum Gasteiger partial charge on any atom is -0.396 e. The van der Waals surface area contributed by atoms with E-state index in [9.17, 15) is 0 Å². The normalized spacial score (nSPS) is 30.9. The maximum absolute atomic E-state index is 8.73. The van der Waals surface area contributed by atoms with E-state index >= 15 is 0 Å². The Morgan fingerprint density at radius 2 is 1.81 bits per heavy atom. The fourth-order valence-electron chi connectivity index (χ4n) is 2.75. The highest BCUT2D eigenvalue weighted by Crippen LogP contribution is 2.31. The summed E-state index contributed by atoms with van der Waals surface area (Å²) in [5.41, 5.74) is 0. The third-order valence-corrected chi connectivity index (χ3v) is 4.36. The zero-order chi connectivity index (χ0) is 12.0. The van der Waals surface area contributed by atoms with Crippen molar-refractivity contribution in [2.75, 3.05) is 20.2 Å². The van der Waals surface area contributed by atoms with Crippen molar-refractivity contribution >= 4 is 0 Å². The van der Waals surface area contributed by atoms with Crippen LogP contribution in [0.25, 0.3) is 0 Å². The molecule has 3 atom stereocenters. The molecule has 1 saturated carbocycles. The van der Waals surface area contributed by atoms with E-state index in [0.717, 1.165) is 24.3 Å². The van der Waals surface area contributed by atoms with Gasteiger partial charge in [-0.3, -0.25) is 0 Å². The van der Waals surface area contributed by atoms with Crippen LogP contribution in [0.4, 0.5) is 0 Å². The number of hydrogen-bond acceptors (Lipinski definition) is 2. The van der Waals surface area contributed by atoms with E-state index in [4.69, 9.17) is 5.11 Å². The first-order chi connectivity index (χ1) is 7.65. The van der Waals surface area contributed by atoms with Crippen LogP contribution in [-0.2, 0) is 0 Å². The molecule has 0 spiro atoms. The molecule has 0 aromatic rings. The number of rotatable bonds is 6. The molecule has 2 nitrogen and oxygen atoms in total. The fraction of sp³-hybridized carbons (Fsp3) is 1.00. The molecular formula is C14H29NO. The van der Waals surface area contributed by atoms with E-state index in [0.29, 0.717) is 6.61 Å². The molecule has 0 heterocycles. The molecule has 1 rings (SSSR count). The average Bonchev–Trinajstić information content (AvgIpc) is 2.28. The number of unbranched alkanes of at least 4 members (excludes halogenated alkanes) is 2. The maximum Gasteiger partial charge on any atom is 0.0431 e. The molecule has 3 unspecified atom stereocenters. The van der Waals surface area contributed by atoms with Crippen LogP contribution in [0.2, 0.25) is 0 Å². The van der Waals surface area contributed by atoms with E-state index in [2.05, 4.69) is 25.8 Å². The van der Waals surface area contributed by atoms with Crippen molar-refractivity contribution in [1.29, 1.82) is 0 Å². The fourth-order valence-corrected chi connectivity index (χ4v) is 2.75. The Morgan fingerprint density at radius 1 is 1.06 bits per heavy atom. The van der Waals surface area contributed by atoms with Crippen LogP contribution in [0.3, 0.4) is 0 Å². The number of aliphatic hydroxyl groups excluding tert-OH is 1. The SMILES string of the molecule is CC1CCC(N(C)CCCCCO)CC1C. The molecule has 0 aromatic carbocycles. The van der Waals surface area contributed by atoms with Gasteiger partial charge in [0.15, 0.2) is 0 Å². The van der Waals surface area contributed by atoms with Gasteiger partial charge >= 0.3 is 0 Å². The molecule has 0 aromatic heterocycles. The van der Waals surface area contributed by atoms with Crippen molar-refractivity contribution in [3.8, 4) is 0 Å². The highest BCUT2D eigenvalue weighted by atomic mass is 16.2. The van der Waals surface area contributed by atoms with Crippen molar-refractivity contribution in [3.05, 3.63) is 0 Å². The maximum atomic E-state index is 8.73. The van der Waals surface area contributed by atoms with Crippen LogP contribution in [0.5, 0.6) is 0 Å². The van der Waals surface area contributed by atoms with Crippen LogP contribution in [-0.4, -0.2) is 36.2 Å². The molecule has 1 aliphatic carbocycles. The zero-order valence-corrected chi connectivity index (χ0v) is 11.3. The highest BCUT2D eigenvalue weighted by molar-refractivity contribution is 4.80. The van der Waals surface area contributed by atoms with Gasteiger partial charge in [0.05, 0.1) is 0 Å². The first-order valence-corrected chi connectivity index (χ1v) is 6.96. The quantitative estimate of drug-likeness (QED) is 0.705. The Morgan fingerprint density at radius 3 is 2.44 bits per heavy atom. The highest BCUT2D eigenvalue weighted by Gasteiger charge is 2.26. The summed E-state index contributed by atoms with van der Waals surface area (Å²) < 4.78 is 0. The van der Waals surface area contributed by atoms with Gasteiger partial charge in [0.25, 0.3) is 0 Å². The van der Waals surface area contributed by atoms with E-state index in [-0.39, 0.29) is 0 Å². The lowest BCUT2D eigenvalue weighted by Crippen LogP contribution is -2.38. The van der Waals surface area contributed by atoms with Gasteiger partial charge in [-0.05, 0) is 64.0 Å². The topological polar surface area (TPSA) is 23.5 Å². The largest absolute Gasteiger partial charge is 0.396 e. The Kier molecular flexibility index (Phi) is 6.37. The summed E-state index contributed by atoms with van der Waals surface area (Å²) in [5, 5.41) is 8.73. The smallest absolute Gasteiger partial charge is 0.0431 e. The molecule has 16 heavy (non-hydrogen) atoms. The second-order valence-corrected chi connectivity index (χ2v) is 5.69. The predicted octanol–water partition coefficient (Wildman–Crippen LogP) is 2.91. The summed E-state index contributed by atoms with van der Waals surface area (Å²) in [7, 11) is 2.27. The van der Waals surface area contributed by atoms with Gasteiger partial charge in [-0.2, -0.15) is 0 Å². The van der Waals surface area contributed by atoms with Gasteiger partial charge in [-0.1, -0.05) is 13.8 Å². The summed E-state index contributed by atoms with van der Waals surface area (Å²) in [6.07, 6.45) is 7.51. The molecule has 1 aliphatic rings. The van der Waals surface area contributed by atoms with Crippen molar-refractivity contribution in [3.63, 3.8) is 0 Å². The Labute approximate surface area is 101 Å². The van der Waals surface area contributed by atoms with E-state index in [1.807, 2.05) is 0 Å². The Hall–Kier alpha value is -0.0800. The van der Waals surface area contributed by atoms with Gasteiger partial charge in [0.1, 0.15) is 0 Å². The third kappa shape index (κ3) is 4.42. The van der Waals surface area contributed by atoms with Crippen LogP contribution in [0, 0.1) is 11.8 Å². The monoisotopic (exact) mass is 227 g/mol. The average molecular weight is 227 g/mol. The van der Waals surface area contributed by atoms with Crippen molar-refractivity contribution in [2.24, 2.45) is 11.8 Å². The predicted molar refractivity (Wildman–Crippen MR) is 69.5 cm³/mol. The third-order valence-electron chi connectivity index (χ3n) is 4.36. The van der Waals surface area contributed by atoms with Crippen LogP contribution < -0.4 is 0 Å². The lowest BCUT2D eigenvalue weighted by atomic mass is 9.78. The second-order valence-electron chi connectivity index (χ2n) is 5.69. The summed E-state index contributed by atoms with van der Waals surface area (Å²) in [4.78, 5) is 2.54. The van der Waals surface area contributed by atoms with Crippen molar-refractivity contribution in [1.82, 2.24) is 4.90 Å². The first-order valence-electron chi connectivity index (χ1n) is 6.96. The van der Waals surface area contributed by atoms with Gasteiger partial charge < -0.3 is 10.0 Å². The standard InChI is InChI=1S/C14H29NO/c1-12-7-8-14(11-13(12)2)15(3)9-5-4-6-10-16/h12-14,16H,4-11H2,1-3H3. The zero-order valence-electron chi connectivity index (χ0n) is 11.3. The number of nitrogens with zero attached hydrogens (tertiary/aromatic N) is 1. The Balaban J connectivity index is 2.18. The first kappa shape index (κ1) is 14.0. The van der Waals surface area contributed by atoms with Gasteiger partial charge in [0, 0.05) is 12.6 Å². The lowest BCUT2D eigenvalue weighted by Gasteiger charge is -2.37. The van der Waals surface area contributed by atoms with E-state index in [1.165, 1.54) is 38.6 Å². The summed E-state index contributed by atoms with van der Waals surface area (Å²) in [6.45, 7) is 6.34. The molecule has 0 radical (unpaired) electrons. The Bertz CT molecular complexity index is 184. The number of aliphatic hydroxyl groups is 1.